The van der Waals surface area contributed by atoms with Crippen LogP contribution in [0.5, 0.6) is 0 Å². The molecular weight excluding hydrogens is 230 g/mol. The molecule has 0 spiro atoms. The van der Waals surface area contributed by atoms with Crippen molar-refractivity contribution in [2.45, 2.75) is 26.3 Å². The van der Waals surface area contributed by atoms with E-state index in [0.717, 1.165) is 19.5 Å². The van der Waals surface area contributed by atoms with Gasteiger partial charge in [-0.3, -0.25) is 9.89 Å². The molecular formula is C12H21N5O. The predicted octanol–water partition coefficient (Wildman–Crippen LogP) is 0.452. The summed E-state index contributed by atoms with van der Waals surface area (Å²) in [5.74, 6) is 0.355. The van der Waals surface area contributed by atoms with Crippen LogP contribution in [0.25, 0.3) is 0 Å². The molecule has 1 saturated heterocycles. The predicted molar refractivity (Wildman–Crippen MR) is 70.1 cm³/mol. The van der Waals surface area contributed by atoms with Crippen LogP contribution in [0.3, 0.4) is 0 Å². The Bertz CT molecular complexity index is 414. The lowest BCUT2D eigenvalue weighted by Crippen LogP contribution is -2.33. The Balaban J connectivity index is 1.79. The number of likely N-dealkylation sites (tertiary alicyclic amines) is 1. The van der Waals surface area contributed by atoms with Crippen molar-refractivity contribution in [2.24, 2.45) is 5.92 Å². The van der Waals surface area contributed by atoms with Crippen LogP contribution in [0.2, 0.25) is 0 Å². The summed E-state index contributed by atoms with van der Waals surface area (Å²) in [6.07, 6.45) is 2.59. The van der Waals surface area contributed by atoms with E-state index in [1.807, 2.05) is 0 Å². The number of amides is 1. The van der Waals surface area contributed by atoms with Gasteiger partial charge in [-0.25, -0.2) is 0 Å². The molecule has 1 unspecified atom stereocenters. The first-order valence-electron chi connectivity index (χ1n) is 6.39. The number of nitrogens with zero attached hydrogens (tertiary/aromatic N) is 2. The van der Waals surface area contributed by atoms with Gasteiger partial charge >= 0.3 is 0 Å². The van der Waals surface area contributed by atoms with E-state index in [1.165, 1.54) is 6.20 Å². The Morgan fingerprint density at radius 2 is 2.50 bits per heavy atom. The fourth-order valence-corrected chi connectivity index (χ4v) is 2.30. The van der Waals surface area contributed by atoms with Gasteiger partial charge < -0.3 is 16.0 Å². The van der Waals surface area contributed by atoms with E-state index in [1.54, 1.807) is 0 Å². The van der Waals surface area contributed by atoms with Gasteiger partial charge in [0.15, 0.2) is 0 Å². The van der Waals surface area contributed by atoms with Crippen molar-refractivity contribution < 1.29 is 4.79 Å². The number of aromatic nitrogens is 2. The molecule has 6 heteroatoms. The molecule has 0 aromatic carbocycles. The van der Waals surface area contributed by atoms with E-state index in [4.69, 9.17) is 5.73 Å². The van der Waals surface area contributed by atoms with Gasteiger partial charge in [0, 0.05) is 19.1 Å². The highest BCUT2D eigenvalue weighted by molar-refractivity contribution is 5.96. The highest BCUT2D eigenvalue weighted by Crippen LogP contribution is 2.17. The molecule has 2 heterocycles. The van der Waals surface area contributed by atoms with Crippen LogP contribution < -0.4 is 11.1 Å². The Morgan fingerprint density at radius 3 is 3.06 bits per heavy atom. The summed E-state index contributed by atoms with van der Waals surface area (Å²) >= 11 is 0. The van der Waals surface area contributed by atoms with Crippen LogP contribution in [0, 0.1) is 5.92 Å². The average Bonchev–Trinajstić information content (AvgIpc) is 2.94. The minimum Gasteiger partial charge on any atom is -0.396 e. The van der Waals surface area contributed by atoms with Crippen molar-refractivity contribution >= 4 is 11.6 Å². The lowest BCUT2D eigenvalue weighted by Gasteiger charge is -2.20. The lowest BCUT2D eigenvalue weighted by atomic mass is 10.1. The van der Waals surface area contributed by atoms with E-state index in [-0.39, 0.29) is 5.91 Å². The van der Waals surface area contributed by atoms with Crippen molar-refractivity contribution in [1.82, 2.24) is 20.4 Å². The van der Waals surface area contributed by atoms with E-state index in [0.29, 0.717) is 29.9 Å². The third kappa shape index (κ3) is 2.81. The average molecular weight is 251 g/mol. The normalized spacial score (nSPS) is 20.5. The van der Waals surface area contributed by atoms with Crippen LogP contribution in [0.1, 0.15) is 30.8 Å². The van der Waals surface area contributed by atoms with Crippen LogP contribution >= 0.6 is 0 Å². The molecule has 100 valence electrons. The minimum atomic E-state index is -0.173. The smallest absolute Gasteiger partial charge is 0.271 e. The van der Waals surface area contributed by atoms with Crippen LogP contribution in [0.15, 0.2) is 6.20 Å². The summed E-state index contributed by atoms with van der Waals surface area (Å²) in [5, 5.41) is 9.26. The number of anilines is 1. The summed E-state index contributed by atoms with van der Waals surface area (Å²) in [7, 11) is 0. The van der Waals surface area contributed by atoms with Gasteiger partial charge in [-0.05, 0) is 32.7 Å². The maximum atomic E-state index is 11.8. The third-order valence-corrected chi connectivity index (χ3v) is 3.49. The molecule has 0 radical (unpaired) electrons. The second-order valence-corrected chi connectivity index (χ2v) is 5.15. The quantitative estimate of drug-likeness (QED) is 0.725. The molecule has 1 aliphatic rings. The number of carbonyl (C=O) groups excluding carboxylic acids is 1. The summed E-state index contributed by atoms with van der Waals surface area (Å²) in [5.41, 5.74) is 6.37. The first-order valence-corrected chi connectivity index (χ1v) is 6.39. The molecule has 1 fully saturated rings. The zero-order chi connectivity index (χ0) is 13.1. The van der Waals surface area contributed by atoms with E-state index < -0.39 is 0 Å². The Hall–Kier alpha value is -1.56. The number of carbonyl (C=O) groups is 1. The maximum absolute atomic E-state index is 11.8. The molecule has 1 aromatic rings. The molecule has 0 saturated carbocycles. The Morgan fingerprint density at radius 1 is 1.72 bits per heavy atom. The number of hydrogen-bond donors (Lipinski definition) is 3. The number of nitrogen functional groups attached to an aromatic ring is 1. The van der Waals surface area contributed by atoms with Crippen molar-refractivity contribution in [3.05, 3.63) is 11.9 Å². The van der Waals surface area contributed by atoms with Gasteiger partial charge in [-0.15, -0.1) is 0 Å². The molecule has 1 aliphatic heterocycles. The molecule has 1 atom stereocenters. The molecule has 6 nitrogen and oxygen atoms in total. The van der Waals surface area contributed by atoms with Gasteiger partial charge in [-0.2, -0.15) is 5.10 Å². The number of hydrogen-bond acceptors (Lipinski definition) is 4. The Labute approximate surface area is 107 Å². The van der Waals surface area contributed by atoms with Crippen molar-refractivity contribution in [2.75, 3.05) is 25.4 Å². The van der Waals surface area contributed by atoms with Crippen LogP contribution in [0.4, 0.5) is 5.69 Å². The van der Waals surface area contributed by atoms with Crippen molar-refractivity contribution in [3.8, 4) is 0 Å². The van der Waals surface area contributed by atoms with E-state index in [2.05, 4.69) is 34.3 Å². The molecule has 0 bridgehead atoms. The van der Waals surface area contributed by atoms with E-state index in [9.17, 15) is 4.79 Å². The summed E-state index contributed by atoms with van der Waals surface area (Å²) < 4.78 is 0. The topological polar surface area (TPSA) is 87.0 Å². The van der Waals surface area contributed by atoms with Crippen molar-refractivity contribution in [1.29, 1.82) is 0 Å². The highest BCUT2D eigenvalue weighted by Gasteiger charge is 2.24. The summed E-state index contributed by atoms with van der Waals surface area (Å²) in [6, 6.07) is 0.578. The minimum absolute atomic E-state index is 0.173. The largest absolute Gasteiger partial charge is 0.396 e. The fraction of sp³-hybridized carbons (Fsp3) is 0.667. The number of aromatic amines is 1. The summed E-state index contributed by atoms with van der Waals surface area (Å²) in [4.78, 5) is 14.3. The first-order chi connectivity index (χ1) is 8.58. The van der Waals surface area contributed by atoms with Gasteiger partial charge in [0.05, 0.1) is 11.9 Å². The SMILES string of the molecule is CC(C)N1CCC(CNC(=O)c2[nH]ncc2N)C1. The van der Waals surface area contributed by atoms with Gasteiger partial charge in [0.2, 0.25) is 0 Å². The second kappa shape index (κ2) is 5.39. The summed E-state index contributed by atoms with van der Waals surface area (Å²) in [6.45, 7) is 7.26. The van der Waals surface area contributed by atoms with E-state index >= 15 is 0 Å². The zero-order valence-electron chi connectivity index (χ0n) is 10.9. The number of nitrogens with one attached hydrogen (secondary N) is 2. The third-order valence-electron chi connectivity index (χ3n) is 3.49. The van der Waals surface area contributed by atoms with Gasteiger partial charge in [-0.1, -0.05) is 0 Å². The molecule has 1 amide bonds. The zero-order valence-corrected chi connectivity index (χ0v) is 10.9. The molecule has 1 aromatic heterocycles. The monoisotopic (exact) mass is 251 g/mol. The number of rotatable bonds is 4. The first kappa shape index (κ1) is 12.9. The number of nitrogens with two attached hydrogens (primary N) is 1. The standard InChI is InChI=1S/C12H21N5O/c1-8(2)17-4-3-9(7-17)5-14-12(18)11-10(13)6-15-16-11/h6,8-9H,3-5,7,13H2,1-2H3,(H,14,18)(H,15,16). The molecule has 2 rings (SSSR count). The van der Waals surface area contributed by atoms with Gasteiger partial charge in [0.1, 0.15) is 5.69 Å². The maximum Gasteiger partial charge on any atom is 0.271 e. The molecule has 4 N–H and O–H groups in total. The second-order valence-electron chi connectivity index (χ2n) is 5.15. The van der Waals surface area contributed by atoms with Crippen LogP contribution in [-0.2, 0) is 0 Å². The van der Waals surface area contributed by atoms with Crippen LogP contribution in [-0.4, -0.2) is 46.7 Å². The lowest BCUT2D eigenvalue weighted by molar-refractivity contribution is 0.0943. The molecule has 18 heavy (non-hydrogen) atoms. The fourth-order valence-electron chi connectivity index (χ4n) is 2.30. The Kier molecular flexibility index (Phi) is 3.86. The number of H-pyrrole nitrogens is 1. The van der Waals surface area contributed by atoms with Crippen molar-refractivity contribution in [3.63, 3.8) is 0 Å². The van der Waals surface area contributed by atoms with Gasteiger partial charge in [0.25, 0.3) is 5.91 Å². The molecule has 0 aliphatic carbocycles. The highest BCUT2D eigenvalue weighted by atomic mass is 16.1.